The fourth-order valence-electron chi connectivity index (χ4n) is 3.06. The fraction of sp³-hybridized carbons (Fsp3) is 0.190. The van der Waals surface area contributed by atoms with Gasteiger partial charge in [0.1, 0.15) is 11.3 Å². The summed E-state index contributed by atoms with van der Waals surface area (Å²) < 4.78 is 8.61. The maximum absolute atomic E-state index is 13.2. The van der Waals surface area contributed by atoms with Crippen molar-refractivity contribution in [2.24, 2.45) is 7.05 Å². The third-order valence-electron chi connectivity index (χ3n) is 4.50. The van der Waals surface area contributed by atoms with Crippen LogP contribution in [0.4, 0.5) is 0 Å². The Balaban J connectivity index is 1.73. The van der Waals surface area contributed by atoms with Crippen molar-refractivity contribution >= 4 is 22.8 Å². The van der Waals surface area contributed by atoms with Crippen molar-refractivity contribution in [3.63, 3.8) is 0 Å². The summed E-state index contributed by atoms with van der Waals surface area (Å²) in [6.45, 7) is 0.467. The highest BCUT2D eigenvalue weighted by atomic mass is 32.2. The maximum Gasteiger partial charge on any atom is 0.280 e. The lowest BCUT2D eigenvalue weighted by Gasteiger charge is -2.13. The zero-order chi connectivity index (χ0) is 19.5. The Morgan fingerprint density at radius 2 is 1.86 bits per heavy atom. The molecule has 0 saturated heterocycles. The number of nitrogens with zero attached hydrogens (tertiary/aromatic N) is 4. The van der Waals surface area contributed by atoms with E-state index in [0.717, 1.165) is 16.9 Å². The van der Waals surface area contributed by atoms with Crippen LogP contribution in [0.25, 0.3) is 11.0 Å². The molecule has 0 N–H and O–H groups in total. The van der Waals surface area contributed by atoms with Gasteiger partial charge in [0.25, 0.3) is 5.56 Å². The van der Waals surface area contributed by atoms with Gasteiger partial charge in [-0.1, -0.05) is 54.2 Å². The second-order valence-corrected chi connectivity index (χ2v) is 7.36. The van der Waals surface area contributed by atoms with E-state index in [0.29, 0.717) is 28.5 Å². The number of hydrogen-bond acceptors (Lipinski definition) is 5. The van der Waals surface area contributed by atoms with Gasteiger partial charge in [-0.05, 0) is 23.3 Å². The van der Waals surface area contributed by atoms with Crippen LogP contribution in [0.2, 0.25) is 0 Å². The zero-order valence-corrected chi connectivity index (χ0v) is 16.5. The van der Waals surface area contributed by atoms with Crippen molar-refractivity contribution in [3.05, 3.63) is 82.3 Å². The summed E-state index contributed by atoms with van der Waals surface area (Å²) >= 11 is 1.54. The van der Waals surface area contributed by atoms with Crippen LogP contribution in [0.5, 0.6) is 5.75 Å². The zero-order valence-electron chi connectivity index (χ0n) is 15.7. The number of methoxy groups -OCH3 is 1. The molecule has 0 aliphatic heterocycles. The molecule has 0 fully saturated rings. The molecule has 4 rings (SSSR count). The quantitative estimate of drug-likeness (QED) is 0.371. The van der Waals surface area contributed by atoms with Gasteiger partial charge in [-0.15, -0.1) is 0 Å². The van der Waals surface area contributed by atoms with E-state index >= 15 is 0 Å². The average molecular weight is 392 g/mol. The Kier molecular flexibility index (Phi) is 5.16. The van der Waals surface area contributed by atoms with Gasteiger partial charge in [-0.25, -0.2) is 4.98 Å². The lowest BCUT2D eigenvalue weighted by Crippen LogP contribution is -2.25. The Labute approximate surface area is 166 Å². The molecule has 142 valence electrons. The van der Waals surface area contributed by atoms with Gasteiger partial charge >= 0.3 is 0 Å². The number of thioether (sulfide) groups is 1. The summed E-state index contributed by atoms with van der Waals surface area (Å²) in [7, 11) is 3.42. The van der Waals surface area contributed by atoms with E-state index in [9.17, 15) is 4.79 Å². The summed E-state index contributed by atoms with van der Waals surface area (Å²) in [5, 5.41) is 4.88. The van der Waals surface area contributed by atoms with Crippen molar-refractivity contribution in [2.75, 3.05) is 7.11 Å². The number of hydrogen-bond donors (Lipinski definition) is 0. The van der Waals surface area contributed by atoms with E-state index in [1.807, 2.05) is 54.6 Å². The number of ether oxygens (including phenoxy) is 1. The summed E-state index contributed by atoms with van der Waals surface area (Å²) in [6.07, 6.45) is 1.64. The lowest BCUT2D eigenvalue weighted by atomic mass is 10.2. The molecule has 0 spiro atoms. The Morgan fingerprint density at radius 3 is 2.64 bits per heavy atom. The highest BCUT2D eigenvalue weighted by Crippen LogP contribution is 2.24. The molecule has 0 aliphatic rings. The number of rotatable bonds is 6. The molecular formula is C21H20N4O2S. The highest BCUT2D eigenvalue weighted by Gasteiger charge is 2.15. The van der Waals surface area contributed by atoms with Crippen LogP contribution in [-0.4, -0.2) is 26.4 Å². The molecule has 6 nitrogen and oxygen atoms in total. The van der Waals surface area contributed by atoms with E-state index in [2.05, 4.69) is 5.10 Å². The number of aryl methyl sites for hydroxylation is 1. The van der Waals surface area contributed by atoms with Gasteiger partial charge in [0, 0.05) is 12.8 Å². The molecule has 2 heterocycles. The van der Waals surface area contributed by atoms with E-state index in [4.69, 9.17) is 9.72 Å². The van der Waals surface area contributed by atoms with E-state index in [1.54, 1.807) is 29.6 Å². The highest BCUT2D eigenvalue weighted by molar-refractivity contribution is 7.98. The number of aromatic nitrogens is 4. The van der Waals surface area contributed by atoms with Crippen molar-refractivity contribution in [1.29, 1.82) is 0 Å². The minimum Gasteiger partial charge on any atom is -0.497 e. The summed E-state index contributed by atoms with van der Waals surface area (Å²) in [4.78, 5) is 17.9. The van der Waals surface area contributed by atoms with Gasteiger partial charge in [-0.3, -0.25) is 14.0 Å². The summed E-state index contributed by atoms with van der Waals surface area (Å²) in [6, 6.07) is 17.8. The first kappa shape index (κ1) is 18.3. The molecule has 28 heavy (non-hydrogen) atoms. The van der Waals surface area contributed by atoms with Crippen molar-refractivity contribution in [2.45, 2.75) is 17.5 Å². The first-order valence-electron chi connectivity index (χ1n) is 8.88. The van der Waals surface area contributed by atoms with Crippen LogP contribution in [-0.2, 0) is 19.3 Å². The molecule has 0 aliphatic carbocycles. The molecule has 0 bridgehead atoms. The van der Waals surface area contributed by atoms with Crippen LogP contribution in [0, 0.1) is 0 Å². The number of fused-ring (bicyclic) bond motifs is 1. The van der Waals surface area contributed by atoms with Crippen molar-refractivity contribution < 1.29 is 4.74 Å². The van der Waals surface area contributed by atoms with Crippen LogP contribution < -0.4 is 10.3 Å². The standard InChI is InChI=1S/C21H20N4O2S/c1-24-19-18(12-22-24)23-21(28-14-16-9-6-10-17(11-16)27-2)25(20(19)26)13-15-7-4-3-5-8-15/h3-12H,13-14H2,1-2H3. The van der Waals surface area contributed by atoms with Gasteiger partial charge in [0.05, 0.1) is 19.9 Å². The maximum atomic E-state index is 13.2. The van der Waals surface area contributed by atoms with Gasteiger partial charge < -0.3 is 4.74 Å². The van der Waals surface area contributed by atoms with Crippen molar-refractivity contribution in [3.8, 4) is 5.75 Å². The normalized spacial score (nSPS) is 11.1. The Morgan fingerprint density at radius 1 is 1.07 bits per heavy atom. The van der Waals surface area contributed by atoms with Crippen molar-refractivity contribution in [1.82, 2.24) is 19.3 Å². The summed E-state index contributed by atoms with van der Waals surface area (Å²) in [5.41, 5.74) is 3.21. The van der Waals surface area contributed by atoms with E-state index < -0.39 is 0 Å². The average Bonchev–Trinajstić information content (AvgIpc) is 3.10. The topological polar surface area (TPSA) is 61.9 Å². The monoisotopic (exact) mass is 392 g/mol. The SMILES string of the molecule is COc1cccc(CSc2nc3cnn(C)c3c(=O)n2Cc2ccccc2)c1. The third kappa shape index (κ3) is 3.66. The van der Waals surface area contributed by atoms with Crippen LogP contribution in [0.3, 0.4) is 0 Å². The molecule has 0 radical (unpaired) electrons. The molecule has 7 heteroatoms. The first-order chi connectivity index (χ1) is 13.7. The number of benzene rings is 2. The molecule has 0 saturated carbocycles. The van der Waals surface area contributed by atoms with E-state index in [1.165, 1.54) is 11.8 Å². The largest absolute Gasteiger partial charge is 0.497 e. The molecule has 2 aromatic carbocycles. The predicted octanol–water partition coefficient (Wildman–Crippen LogP) is 3.48. The van der Waals surface area contributed by atoms with Gasteiger partial charge in [0.2, 0.25) is 0 Å². The molecule has 4 aromatic rings. The van der Waals surface area contributed by atoms with Gasteiger partial charge in [-0.2, -0.15) is 5.10 Å². The lowest BCUT2D eigenvalue weighted by molar-refractivity contribution is 0.414. The second kappa shape index (κ2) is 7.90. The summed E-state index contributed by atoms with van der Waals surface area (Å²) in [5.74, 6) is 1.50. The van der Waals surface area contributed by atoms with Crippen LogP contribution in [0.1, 0.15) is 11.1 Å². The molecule has 0 atom stereocenters. The smallest absolute Gasteiger partial charge is 0.280 e. The fourth-order valence-corrected chi connectivity index (χ4v) is 4.00. The first-order valence-corrected chi connectivity index (χ1v) is 9.86. The third-order valence-corrected chi connectivity index (χ3v) is 5.55. The van der Waals surface area contributed by atoms with Crippen LogP contribution in [0.15, 0.2) is 70.7 Å². The Hall–Kier alpha value is -3.06. The minimum atomic E-state index is -0.0815. The predicted molar refractivity (Wildman–Crippen MR) is 111 cm³/mol. The van der Waals surface area contributed by atoms with Crippen LogP contribution >= 0.6 is 11.8 Å². The minimum absolute atomic E-state index is 0.0815. The molecular weight excluding hydrogens is 372 g/mol. The second-order valence-electron chi connectivity index (χ2n) is 6.41. The van der Waals surface area contributed by atoms with E-state index in [-0.39, 0.29) is 5.56 Å². The molecule has 0 unspecified atom stereocenters. The molecule has 2 aromatic heterocycles. The molecule has 0 amide bonds. The Bertz CT molecular complexity index is 1170. The van der Waals surface area contributed by atoms with Gasteiger partial charge in [0.15, 0.2) is 10.7 Å².